The number of cyclic esters (lactones) is 2. The highest BCUT2D eigenvalue weighted by molar-refractivity contribution is 7.98. The largest absolute Gasteiger partial charge is 0.508 e. The van der Waals surface area contributed by atoms with Crippen molar-refractivity contribution in [1.29, 1.82) is 0 Å². The second-order valence-electron chi connectivity index (χ2n) is 24.2. The van der Waals surface area contributed by atoms with Gasteiger partial charge in [0.25, 0.3) is 0 Å². The lowest BCUT2D eigenvalue weighted by molar-refractivity contribution is -0.156. The molecule has 21 heteroatoms. The Hall–Kier alpha value is -3.64. The number of carbonyl (C=O) groups is 5. The molecule has 5 N–H and O–H groups in total. The number of Topliss-reactive ketones (excluding diaryl/α,β-unsaturated/α-hetero) is 2. The molecule has 0 bridgehead atoms. The molecule has 0 amide bonds. The van der Waals surface area contributed by atoms with Crippen molar-refractivity contribution in [3.8, 4) is 0 Å². The van der Waals surface area contributed by atoms with Crippen LogP contribution in [0.5, 0.6) is 0 Å². The smallest absolute Gasteiger partial charge is 0.458 e. The van der Waals surface area contributed by atoms with Crippen molar-refractivity contribution in [3.05, 3.63) is 43.3 Å². The lowest BCUT2D eigenvalue weighted by Crippen LogP contribution is -2.45. The number of esters is 2. The molecular weight excluding hydrogens is 1100 g/mol. The van der Waals surface area contributed by atoms with Crippen LogP contribution < -0.4 is 0 Å². The van der Waals surface area contributed by atoms with Crippen molar-refractivity contribution in [2.24, 2.45) is 34.5 Å². The molecule has 81 heavy (non-hydrogen) atoms. The monoisotopic (exact) mass is 1190 g/mol. The summed E-state index contributed by atoms with van der Waals surface area (Å²) in [7, 11) is 0. The van der Waals surface area contributed by atoms with Crippen LogP contribution in [0.3, 0.4) is 0 Å². The normalized spacial score (nSPS) is 33.9. The lowest BCUT2D eigenvalue weighted by atomic mass is 9.73. The Morgan fingerprint density at radius 1 is 0.679 bits per heavy atom. The molecule has 6 heterocycles. The number of ether oxygens (including phenoxy) is 4. The van der Waals surface area contributed by atoms with E-state index in [1.165, 1.54) is 0 Å². The maximum atomic E-state index is 13.4. The van der Waals surface area contributed by atoms with Gasteiger partial charge in [-0.3, -0.25) is 29.0 Å². The van der Waals surface area contributed by atoms with Crippen molar-refractivity contribution in [1.82, 2.24) is 19.8 Å². The highest BCUT2D eigenvalue weighted by Gasteiger charge is 2.50. The van der Waals surface area contributed by atoms with Gasteiger partial charge in [-0.15, -0.1) is 22.7 Å². The Morgan fingerprint density at radius 3 is 1.47 bits per heavy atom. The number of fused-ring (bicyclic) bond motifs is 2. The minimum Gasteiger partial charge on any atom is -0.458 e. The van der Waals surface area contributed by atoms with Crippen LogP contribution >= 0.6 is 34.4 Å². The molecule has 0 saturated carbocycles. The molecule has 16 atom stereocenters. The Morgan fingerprint density at radius 2 is 1.09 bits per heavy atom. The van der Waals surface area contributed by atoms with Crippen LogP contribution in [-0.4, -0.2) is 181 Å². The number of ketones is 2. The predicted molar refractivity (Wildman–Crippen MR) is 317 cm³/mol. The van der Waals surface area contributed by atoms with Crippen molar-refractivity contribution in [3.63, 3.8) is 0 Å². The van der Waals surface area contributed by atoms with Gasteiger partial charge in [0.2, 0.25) is 0 Å². The quantitative estimate of drug-likeness (QED) is 0.0580. The van der Waals surface area contributed by atoms with E-state index in [4.69, 9.17) is 18.9 Å². The minimum atomic E-state index is -1.27. The highest BCUT2D eigenvalue weighted by atomic mass is 32.2. The van der Waals surface area contributed by atoms with Crippen LogP contribution in [0, 0.1) is 48.3 Å². The third-order valence-electron chi connectivity index (χ3n) is 17.3. The summed E-state index contributed by atoms with van der Waals surface area (Å²) in [5, 5.41) is 59.3. The Bertz CT molecular complexity index is 2460. The van der Waals surface area contributed by atoms with Crippen LogP contribution in [0.1, 0.15) is 155 Å². The van der Waals surface area contributed by atoms with Gasteiger partial charge < -0.3 is 44.5 Å². The Labute approximate surface area is 492 Å². The van der Waals surface area contributed by atoms with Crippen LogP contribution in [-0.2, 0) is 38.1 Å². The molecule has 2 aromatic rings. The summed E-state index contributed by atoms with van der Waals surface area (Å²) < 4.78 is 22.3. The zero-order valence-electron chi connectivity index (χ0n) is 50.1. The molecule has 0 radical (unpaired) electrons. The van der Waals surface area contributed by atoms with E-state index in [2.05, 4.69) is 19.8 Å². The van der Waals surface area contributed by atoms with Crippen molar-refractivity contribution in [2.75, 3.05) is 44.9 Å². The van der Waals surface area contributed by atoms with Crippen molar-refractivity contribution in [2.45, 2.75) is 208 Å². The molecule has 0 aliphatic carbocycles. The minimum absolute atomic E-state index is 0.0559. The molecule has 4 fully saturated rings. The molecule has 6 rings (SSSR count). The number of aliphatic hydroxyl groups excluding tert-OH is 5. The second-order valence-corrected chi connectivity index (χ2v) is 27.3. The molecule has 4 saturated heterocycles. The number of β-amino-alcohol motifs (C(OH)–C–C–N with tert-alkyl or cyclic N) is 1. The number of aromatic nitrogens is 2. The summed E-state index contributed by atoms with van der Waals surface area (Å²) in [4.78, 5) is 78.4. The third-order valence-corrected chi connectivity index (χ3v) is 19.5. The number of thiazole rings is 2. The average molecular weight is 1190 g/mol. The molecule has 4 aliphatic rings. The van der Waals surface area contributed by atoms with Gasteiger partial charge in [-0.1, -0.05) is 68.2 Å². The van der Waals surface area contributed by atoms with Gasteiger partial charge in [0.1, 0.15) is 37.0 Å². The Balaban J connectivity index is 0.000000302. The number of rotatable bonds is 12. The number of hydrogen-bond acceptors (Lipinski definition) is 21. The standard InChI is InChI=1S/C32H50N2O8S2.C28H44N2O6S/c1-19-9-8-10-24-25(34(24)11-12-40-31(39)41-13-14-43-7)16-26(20(2)15-23-18-44-22(4)33-23)42-28(36)17-27(35)32(5,6)30(38)21(3)29(19)37;1-16-8-7-9-21-22(30(21)10-11-31)13-23(17(2)12-20-15-37-19(4)29-20)36-25(33)14-24(32)28(5,6)27(35)18(3)26(16)34/h15,18-19,21,24-27,29,35,37H,8-14,16-17H2,1-7H3;12,15-16,18,21-24,26,31-32,34H,7-11,13-14H2,1-6H3/b20-15+;17-12+/t19-,21+,24+,25-,26-,27-,29-,34?;16?,18?,21?,22?,23?,24?,26-,30?/m00/s1. The van der Waals surface area contributed by atoms with E-state index in [-0.39, 0.29) is 73.6 Å². The first-order valence-electron chi connectivity index (χ1n) is 28.9. The van der Waals surface area contributed by atoms with E-state index in [0.29, 0.717) is 38.3 Å². The Kier molecular flexibility index (Phi) is 26.0. The van der Waals surface area contributed by atoms with E-state index >= 15 is 0 Å². The summed E-state index contributed by atoms with van der Waals surface area (Å²) >= 11 is 4.68. The van der Waals surface area contributed by atoms with E-state index in [1.54, 1.807) is 76.0 Å². The number of thioether (sulfide) groups is 1. The SMILES string of the molecule is C/C(=C\c1csc(C)n1)C1CC2C(CCCC(C)[C@H](O)C(C)C(=O)C(C)(C)C(O)CC(=O)O1)N2CCO.CSCCOC(=O)OCCN1[C@@H]2CCC[C@H](C)[C@H](O)[C@@H](C)C(=O)C(C)(C)[C@@H](O)CC(=O)O[C@H](/C(C)=C/c3csc(C)n3)C[C@@H]21. The molecule has 18 nitrogen and oxygen atoms in total. The summed E-state index contributed by atoms with van der Waals surface area (Å²) in [5.74, 6) is -2.57. The molecule has 4 aliphatic heterocycles. The van der Waals surface area contributed by atoms with Crippen molar-refractivity contribution < 1.29 is 68.5 Å². The third kappa shape index (κ3) is 19.2. The fourth-order valence-corrected chi connectivity index (χ4v) is 13.1. The fraction of sp³-hybridized carbons (Fsp3) is 0.750. The van der Waals surface area contributed by atoms with Crippen LogP contribution in [0.25, 0.3) is 12.2 Å². The fourth-order valence-electron chi connectivity index (χ4n) is 11.7. The van der Waals surface area contributed by atoms with Gasteiger partial charge in [-0.05, 0) is 94.8 Å². The first kappa shape index (κ1) is 68.1. The first-order chi connectivity index (χ1) is 38.1. The van der Waals surface area contributed by atoms with E-state index in [9.17, 15) is 49.5 Å². The van der Waals surface area contributed by atoms with Gasteiger partial charge in [0, 0.05) is 78.4 Å². The summed E-state index contributed by atoms with van der Waals surface area (Å²) in [6.45, 7) is 23.1. The number of aryl methyl sites for hydroxylation is 2. The van der Waals surface area contributed by atoms with Crippen LogP contribution in [0.2, 0.25) is 0 Å². The molecule has 0 aromatic carbocycles. The average Bonchev–Trinajstić information content (AvgIpc) is 4.24. The van der Waals surface area contributed by atoms with E-state index in [0.717, 1.165) is 71.1 Å². The van der Waals surface area contributed by atoms with Gasteiger partial charge in [-0.25, -0.2) is 14.8 Å². The molecule has 0 spiro atoms. The molecule has 456 valence electrons. The summed E-state index contributed by atoms with van der Waals surface area (Å²) in [6, 6.07) is 0.700. The number of nitrogens with zero attached hydrogens (tertiary/aromatic N) is 4. The van der Waals surface area contributed by atoms with Gasteiger partial charge >= 0.3 is 18.1 Å². The first-order valence-corrected chi connectivity index (χ1v) is 32.1. The molecule has 2 aromatic heterocycles. The molecular formula is C60H94N4O14S3. The number of hydrogen-bond donors (Lipinski definition) is 5. The zero-order chi connectivity index (χ0) is 60.1. The maximum absolute atomic E-state index is 13.4. The van der Waals surface area contributed by atoms with Crippen LogP contribution in [0.4, 0.5) is 4.79 Å². The topological polar surface area (TPSA) is 255 Å². The lowest BCUT2D eigenvalue weighted by Gasteiger charge is -2.34. The zero-order valence-corrected chi connectivity index (χ0v) is 52.6. The van der Waals surface area contributed by atoms with Gasteiger partial charge in [0.05, 0.1) is 76.1 Å². The van der Waals surface area contributed by atoms with E-state index in [1.807, 2.05) is 70.7 Å². The van der Waals surface area contributed by atoms with Gasteiger partial charge in [0.15, 0.2) is 0 Å². The summed E-state index contributed by atoms with van der Waals surface area (Å²) in [5.41, 5.74) is 0.844. The van der Waals surface area contributed by atoms with Crippen LogP contribution in [0.15, 0.2) is 21.9 Å². The van der Waals surface area contributed by atoms with Gasteiger partial charge in [-0.2, -0.15) is 11.8 Å². The molecule has 8 unspecified atom stereocenters. The predicted octanol–water partition coefficient (Wildman–Crippen LogP) is 8.25. The number of carbonyl (C=O) groups excluding carboxylic acids is 5. The summed E-state index contributed by atoms with van der Waals surface area (Å²) in [6.07, 6.45) is 5.24. The maximum Gasteiger partial charge on any atom is 0.508 e. The highest BCUT2D eigenvalue weighted by Crippen LogP contribution is 2.41. The second kappa shape index (κ2) is 31.0. The van der Waals surface area contributed by atoms with Crippen molar-refractivity contribution >= 4 is 76.2 Å². The van der Waals surface area contributed by atoms with E-state index < -0.39 is 77.4 Å². The number of aliphatic hydroxyl groups is 5.